The molecule has 0 aromatic carbocycles. The molecule has 4 aliphatic carbocycles. The quantitative estimate of drug-likeness (QED) is 0.661. The highest BCUT2D eigenvalue weighted by atomic mass is 16.6. The van der Waals surface area contributed by atoms with E-state index >= 15 is 0 Å². The molecule has 6 nitrogen and oxygen atoms in total. The zero-order valence-electron chi connectivity index (χ0n) is 18.1. The van der Waals surface area contributed by atoms with Crippen LogP contribution in [0.4, 0.5) is 0 Å². The van der Waals surface area contributed by atoms with Crippen LogP contribution in [-0.4, -0.2) is 41.6 Å². The van der Waals surface area contributed by atoms with Crippen molar-refractivity contribution in [3.8, 4) is 0 Å². The van der Waals surface area contributed by atoms with E-state index in [9.17, 15) is 19.5 Å². The van der Waals surface area contributed by atoms with Crippen molar-refractivity contribution in [1.29, 1.82) is 0 Å². The Bertz CT molecular complexity index is 847. The minimum Gasteiger partial charge on any atom is -0.469 e. The molecule has 3 saturated carbocycles. The van der Waals surface area contributed by atoms with Crippen LogP contribution in [-0.2, 0) is 23.9 Å². The number of esters is 2. The highest BCUT2D eigenvalue weighted by Gasteiger charge is 2.71. The van der Waals surface area contributed by atoms with E-state index in [4.69, 9.17) is 9.47 Å². The van der Waals surface area contributed by atoms with Crippen molar-refractivity contribution in [3.05, 3.63) is 11.6 Å². The van der Waals surface area contributed by atoms with Crippen molar-refractivity contribution in [3.63, 3.8) is 0 Å². The maximum absolute atomic E-state index is 12.9. The van der Waals surface area contributed by atoms with Gasteiger partial charge < -0.3 is 14.6 Å². The van der Waals surface area contributed by atoms with Gasteiger partial charge in [-0.25, -0.2) is 0 Å². The molecule has 1 unspecified atom stereocenters. The second-order valence-electron chi connectivity index (χ2n) is 10.8. The molecule has 5 rings (SSSR count). The fourth-order valence-corrected chi connectivity index (χ4v) is 8.35. The summed E-state index contributed by atoms with van der Waals surface area (Å²) < 4.78 is 11.2. The van der Waals surface area contributed by atoms with Gasteiger partial charge in [0.15, 0.2) is 5.78 Å². The molecule has 164 valence electrons. The number of hydrogen-bond acceptors (Lipinski definition) is 6. The first-order chi connectivity index (χ1) is 14.1. The predicted octanol–water partition coefficient (Wildman–Crippen LogP) is 2.96. The molecule has 0 aromatic rings. The van der Waals surface area contributed by atoms with E-state index in [1.807, 2.05) is 0 Å². The van der Waals surface area contributed by atoms with E-state index in [-0.39, 0.29) is 52.2 Å². The topological polar surface area (TPSA) is 89.9 Å². The molecule has 1 saturated heterocycles. The third-order valence-corrected chi connectivity index (χ3v) is 9.79. The van der Waals surface area contributed by atoms with Crippen LogP contribution >= 0.6 is 0 Å². The lowest BCUT2D eigenvalue weighted by atomic mass is 9.43. The van der Waals surface area contributed by atoms with E-state index in [0.717, 1.165) is 18.4 Å². The normalized spacial score (nSPS) is 49.7. The molecule has 0 aromatic heterocycles. The summed E-state index contributed by atoms with van der Waals surface area (Å²) in [5, 5.41) is 11.6. The lowest BCUT2D eigenvalue weighted by Crippen LogP contribution is -2.62. The zero-order valence-corrected chi connectivity index (χ0v) is 18.1. The summed E-state index contributed by atoms with van der Waals surface area (Å²) in [4.78, 5) is 37.2. The summed E-state index contributed by atoms with van der Waals surface area (Å²) in [5.41, 5.74) is -0.168. The highest BCUT2D eigenvalue weighted by molar-refractivity contribution is 5.92. The number of carbonyl (C=O) groups is 3. The number of aliphatic hydroxyl groups is 1. The Labute approximate surface area is 177 Å². The van der Waals surface area contributed by atoms with E-state index in [0.29, 0.717) is 38.5 Å². The first-order valence-electron chi connectivity index (χ1n) is 11.4. The Balaban J connectivity index is 1.62. The van der Waals surface area contributed by atoms with Crippen LogP contribution in [0.1, 0.15) is 65.2 Å². The Kier molecular flexibility index (Phi) is 4.32. The Morgan fingerprint density at radius 2 is 1.97 bits per heavy atom. The third kappa shape index (κ3) is 2.43. The maximum atomic E-state index is 12.9. The number of rotatable bonds is 1. The maximum Gasteiger partial charge on any atom is 0.309 e. The molecule has 0 amide bonds. The van der Waals surface area contributed by atoms with Gasteiger partial charge in [0.05, 0.1) is 19.1 Å². The van der Waals surface area contributed by atoms with Gasteiger partial charge in [0.1, 0.15) is 5.60 Å². The number of hydrogen-bond donors (Lipinski definition) is 1. The van der Waals surface area contributed by atoms with Crippen LogP contribution in [0.15, 0.2) is 11.6 Å². The third-order valence-electron chi connectivity index (χ3n) is 9.79. The minimum absolute atomic E-state index is 0.0415. The molecule has 0 radical (unpaired) electrons. The summed E-state index contributed by atoms with van der Waals surface area (Å²) >= 11 is 0. The lowest BCUT2D eigenvalue weighted by molar-refractivity contribution is -0.197. The summed E-state index contributed by atoms with van der Waals surface area (Å²) in [6, 6.07) is 0. The second kappa shape index (κ2) is 6.41. The molecule has 1 aliphatic heterocycles. The number of carbonyl (C=O) groups excluding carboxylic acids is 3. The van der Waals surface area contributed by atoms with E-state index in [1.54, 1.807) is 6.08 Å². The Morgan fingerprint density at radius 1 is 1.20 bits per heavy atom. The van der Waals surface area contributed by atoms with Crippen LogP contribution in [0.25, 0.3) is 0 Å². The molecule has 1 N–H and O–H groups in total. The number of methoxy groups -OCH3 is 1. The van der Waals surface area contributed by atoms with Crippen LogP contribution in [0, 0.1) is 34.5 Å². The van der Waals surface area contributed by atoms with Crippen LogP contribution in [0.2, 0.25) is 0 Å². The van der Waals surface area contributed by atoms with Gasteiger partial charge >= 0.3 is 11.9 Å². The standard InChI is InChI=1S/C24H32O6/c1-22-7-4-14(25)10-13(22)11-15(21(28)29-3)19-16-5-8-24(9-6-18(27)30-24)23(16,2)12-17(26)20(19)22/h10,15-17,19-20,26H,4-9,11-12H2,1-3H3/t15?,16-,17-,19-,20-,22-,23-,24+/m0/s1. The molecule has 8 atom stereocenters. The molecule has 30 heavy (non-hydrogen) atoms. The van der Waals surface area contributed by atoms with Crippen molar-refractivity contribution in [2.75, 3.05) is 7.11 Å². The number of ether oxygens (including phenoxy) is 2. The van der Waals surface area contributed by atoms with E-state index in [1.165, 1.54) is 7.11 Å². The Hall–Kier alpha value is -1.69. The largest absolute Gasteiger partial charge is 0.469 e. The fourth-order valence-electron chi connectivity index (χ4n) is 8.35. The van der Waals surface area contributed by atoms with Gasteiger partial charge in [-0.05, 0) is 67.8 Å². The number of aliphatic hydroxyl groups excluding tert-OH is 1. The SMILES string of the molecule is COC(=O)C1CC2=CC(=O)CC[C@]2(C)[C@@H]2[C@@H]1[C@@H]1CC[C@@]3(CCC(=O)O3)[C@@]1(C)C[C@@H]2O. The smallest absolute Gasteiger partial charge is 0.309 e. The van der Waals surface area contributed by atoms with Crippen molar-refractivity contribution >= 4 is 17.7 Å². The molecule has 0 bridgehead atoms. The van der Waals surface area contributed by atoms with Crippen molar-refractivity contribution in [1.82, 2.24) is 0 Å². The van der Waals surface area contributed by atoms with Crippen molar-refractivity contribution in [2.24, 2.45) is 34.5 Å². The van der Waals surface area contributed by atoms with Gasteiger partial charge in [-0.3, -0.25) is 14.4 Å². The van der Waals surface area contributed by atoms with Gasteiger partial charge in [-0.1, -0.05) is 19.4 Å². The average Bonchev–Trinajstić information content (AvgIpc) is 3.21. The van der Waals surface area contributed by atoms with Crippen LogP contribution in [0.3, 0.4) is 0 Å². The highest BCUT2D eigenvalue weighted by Crippen LogP contribution is 2.70. The van der Waals surface area contributed by atoms with Gasteiger partial charge in [0, 0.05) is 18.3 Å². The molecule has 5 aliphatic rings. The van der Waals surface area contributed by atoms with Gasteiger partial charge in [-0.2, -0.15) is 0 Å². The molecular weight excluding hydrogens is 384 g/mol. The van der Waals surface area contributed by atoms with E-state index in [2.05, 4.69) is 13.8 Å². The van der Waals surface area contributed by atoms with Crippen molar-refractivity contribution in [2.45, 2.75) is 76.9 Å². The molecule has 4 fully saturated rings. The first kappa shape index (κ1) is 20.2. The van der Waals surface area contributed by atoms with Gasteiger partial charge in [0.25, 0.3) is 0 Å². The molecular formula is C24H32O6. The number of fused-ring (bicyclic) bond motifs is 6. The van der Waals surface area contributed by atoms with Crippen molar-refractivity contribution < 1.29 is 29.0 Å². The Morgan fingerprint density at radius 3 is 2.63 bits per heavy atom. The first-order valence-corrected chi connectivity index (χ1v) is 11.4. The predicted molar refractivity (Wildman–Crippen MR) is 107 cm³/mol. The zero-order chi connectivity index (χ0) is 21.5. The molecule has 1 spiro atoms. The fraction of sp³-hybridized carbons (Fsp3) is 0.792. The summed E-state index contributed by atoms with van der Waals surface area (Å²) in [5.74, 6) is -0.636. The molecule has 1 heterocycles. The number of allylic oxidation sites excluding steroid dienone is 1. The van der Waals surface area contributed by atoms with Crippen LogP contribution < -0.4 is 0 Å². The summed E-state index contributed by atoms with van der Waals surface area (Å²) in [6.07, 6.45) is 6.21. The van der Waals surface area contributed by atoms with E-state index < -0.39 is 11.7 Å². The number of ketones is 1. The summed E-state index contributed by atoms with van der Waals surface area (Å²) in [7, 11) is 1.42. The van der Waals surface area contributed by atoms with Gasteiger partial charge in [0.2, 0.25) is 0 Å². The summed E-state index contributed by atoms with van der Waals surface area (Å²) in [6.45, 7) is 4.33. The minimum atomic E-state index is -0.611. The lowest BCUT2D eigenvalue weighted by Gasteiger charge is -2.62. The second-order valence-corrected chi connectivity index (χ2v) is 10.8. The monoisotopic (exact) mass is 416 g/mol. The van der Waals surface area contributed by atoms with Gasteiger partial charge in [-0.15, -0.1) is 0 Å². The average molecular weight is 417 g/mol. The molecule has 6 heteroatoms. The van der Waals surface area contributed by atoms with Crippen LogP contribution in [0.5, 0.6) is 0 Å².